The summed E-state index contributed by atoms with van der Waals surface area (Å²) in [6, 6.07) is 11.8. The quantitative estimate of drug-likeness (QED) is 0.657. The SMILES string of the molecule is CCOc1ccc(S(=O)(=O)N(CC)CC(=O)Nc2ccc(Br)cc2)cc1C. The van der Waals surface area contributed by atoms with Crippen molar-refractivity contribution >= 4 is 37.5 Å². The van der Waals surface area contributed by atoms with E-state index in [0.717, 1.165) is 14.3 Å². The lowest BCUT2D eigenvalue weighted by atomic mass is 10.2. The Morgan fingerprint density at radius 2 is 1.81 bits per heavy atom. The monoisotopic (exact) mass is 454 g/mol. The summed E-state index contributed by atoms with van der Waals surface area (Å²) in [5, 5.41) is 2.71. The second-order valence-electron chi connectivity index (χ2n) is 5.85. The number of nitrogens with one attached hydrogen (secondary N) is 1. The predicted octanol–water partition coefficient (Wildman–Crippen LogP) is 3.81. The van der Waals surface area contributed by atoms with Crippen LogP contribution in [0.4, 0.5) is 5.69 Å². The number of aryl methyl sites for hydroxylation is 1. The van der Waals surface area contributed by atoms with Gasteiger partial charge in [-0.25, -0.2) is 8.42 Å². The molecule has 2 aromatic rings. The Balaban J connectivity index is 2.15. The number of rotatable bonds is 8. The third-order valence-electron chi connectivity index (χ3n) is 3.88. The third-order valence-corrected chi connectivity index (χ3v) is 6.33. The Labute approximate surface area is 168 Å². The van der Waals surface area contributed by atoms with Crippen LogP contribution in [0, 0.1) is 6.92 Å². The molecule has 8 heteroatoms. The maximum Gasteiger partial charge on any atom is 0.243 e. The van der Waals surface area contributed by atoms with Crippen LogP contribution in [0.2, 0.25) is 0 Å². The summed E-state index contributed by atoms with van der Waals surface area (Å²) >= 11 is 3.33. The van der Waals surface area contributed by atoms with Crippen molar-refractivity contribution in [2.45, 2.75) is 25.7 Å². The molecular formula is C19H23BrN2O4S. The minimum absolute atomic E-state index is 0.141. The van der Waals surface area contributed by atoms with Gasteiger partial charge < -0.3 is 10.1 Å². The summed E-state index contributed by atoms with van der Waals surface area (Å²) in [6.45, 7) is 5.78. The van der Waals surface area contributed by atoms with Gasteiger partial charge in [-0.15, -0.1) is 0 Å². The molecule has 0 atom stereocenters. The molecule has 0 heterocycles. The number of ether oxygens (including phenoxy) is 1. The lowest BCUT2D eigenvalue weighted by Crippen LogP contribution is -2.37. The average molecular weight is 455 g/mol. The number of hydrogen-bond donors (Lipinski definition) is 1. The molecule has 0 unspecified atom stereocenters. The number of benzene rings is 2. The van der Waals surface area contributed by atoms with Crippen molar-refractivity contribution < 1.29 is 17.9 Å². The number of carbonyl (C=O) groups is 1. The van der Waals surface area contributed by atoms with Crippen LogP contribution >= 0.6 is 15.9 Å². The smallest absolute Gasteiger partial charge is 0.243 e. The maximum atomic E-state index is 12.9. The Hall–Kier alpha value is -1.90. The van der Waals surface area contributed by atoms with Gasteiger partial charge >= 0.3 is 0 Å². The first-order valence-corrected chi connectivity index (χ1v) is 10.8. The fraction of sp³-hybridized carbons (Fsp3) is 0.316. The Morgan fingerprint density at radius 3 is 2.37 bits per heavy atom. The first-order chi connectivity index (χ1) is 12.8. The van der Waals surface area contributed by atoms with Crippen LogP contribution in [0.15, 0.2) is 51.8 Å². The fourth-order valence-corrected chi connectivity index (χ4v) is 4.26. The molecule has 2 aromatic carbocycles. The minimum Gasteiger partial charge on any atom is -0.494 e. The number of anilines is 1. The zero-order valence-corrected chi connectivity index (χ0v) is 17.9. The number of likely N-dealkylation sites (N-methyl/N-ethyl adjacent to an activating group) is 1. The molecule has 0 saturated carbocycles. The summed E-state index contributed by atoms with van der Waals surface area (Å²) in [4.78, 5) is 12.4. The van der Waals surface area contributed by atoms with Crippen LogP contribution in [0.25, 0.3) is 0 Å². The minimum atomic E-state index is -3.79. The topological polar surface area (TPSA) is 75.7 Å². The van der Waals surface area contributed by atoms with Gasteiger partial charge in [-0.05, 0) is 61.9 Å². The van der Waals surface area contributed by atoms with Crippen LogP contribution in [0.1, 0.15) is 19.4 Å². The summed E-state index contributed by atoms with van der Waals surface area (Å²) < 4.78 is 33.3. The van der Waals surface area contributed by atoms with E-state index in [4.69, 9.17) is 4.74 Å². The molecule has 2 rings (SSSR count). The second kappa shape index (κ2) is 9.34. The Morgan fingerprint density at radius 1 is 1.15 bits per heavy atom. The summed E-state index contributed by atoms with van der Waals surface area (Å²) in [7, 11) is -3.79. The molecule has 0 aliphatic carbocycles. The number of hydrogen-bond acceptors (Lipinski definition) is 4. The molecule has 0 radical (unpaired) electrons. The maximum absolute atomic E-state index is 12.9. The Bertz CT molecular complexity index is 898. The lowest BCUT2D eigenvalue weighted by Gasteiger charge is -2.20. The van der Waals surface area contributed by atoms with Crippen LogP contribution in [-0.2, 0) is 14.8 Å². The van der Waals surface area contributed by atoms with E-state index >= 15 is 0 Å². The van der Waals surface area contributed by atoms with Crippen LogP contribution in [0.3, 0.4) is 0 Å². The van der Waals surface area contributed by atoms with Gasteiger partial charge in [-0.3, -0.25) is 4.79 Å². The third kappa shape index (κ3) is 5.54. The molecule has 0 bridgehead atoms. The van der Waals surface area contributed by atoms with Crippen molar-refractivity contribution in [2.24, 2.45) is 0 Å². The van der Waals surface area contributed by atoms with Gasteiger partial charge in [0.05, 0.1) is 18.0 Å². The van der Waals surface area contributed by atoms with Crippen molar-refractivity contribution in [1.29, 1.82) is 0 Å². The highest BCUT2D eigenvalue weighted by Crippen LogP contribution is 2.24. The van der Waals surface area contributed by atoms with Crippen LogP contribution in [0.5, 0.6) is 5.75 Å². The molecule has 0 aliphatic heterocycles. The molecule has 0 spiro atoms. The zero-order chi connectivity index (χ0) is 20.0. The van der Waals surface area contributed by atoms with Gasteiger partial charge in [0, 0.05) is 16.7 Å². The first-order valence-electron chi connectivity index (χ1n) is 8.57. The van der Waals surface area contributed by atoms with Crippen molar-refractivity contribution in [3.8, 4) is 5.75 Å². The van der Waals surface area contributed by atoms with Crippen molar-refractivity contribution in [2.75, 3.05) is 25.0 Å². The molecule has 1 amide bonds. The van der Waals surface area contributed by atoms with Gasteiger partial charge in [0.2, 0.25) is 15.9 Å². The predicted molar refractivity (Wildman–Crippen MR) is 110 cm³/mol. The molecule has 0 aliphatic rings. The average Bonchev–Trinajstić information content (AvgIpc) is 2.63. The van der Waals surface area contributed by atoms with Gasteiger partial charge in [0.15, 0.2) is 0 Å². The van der Waals surface area contributed by atoms with Crippen molar-refractivity contribution in [3.05, 3.63) is 52.5 Å². The van der Waals surface area contributed by atoms with E-state index in [1.807, 2.05) is 6.92 Å². The normalized spacial score (nSPS) is 11.4. The van der Waals surface area contributed by atoms with E-state index in [1.54, 1.807) is 50.2 Å². The van der Waals surface area contributed by atoms with Gasteiger partial charge in [-0.1, -0.05) is 22.9 Å². The van der Waals surface area contributed by atoms with E-state index in [9.17, 15) is 13.2 Å². The van der Waals surface area contributed by atoms with Crippen LogP contribution in [-0.4, -0.2) is 38.3 Å². The van der Waals surface area contributed by atoms with E-state index in [-0.39, 0.29) is 18.0 Å². The number of nitrogens with zero attached hydrogens (tertiary/aromatic N) is 1. The van der Waals surface area contributed by atoms with E-state index in [2.05, 4.69) is 21.2 Å². The number of sulfonamides is 1. The molecule has 6 nitrogen and oxygen atoms in total. The first kappa shape index (κ1) is 21.4. The molecule has 0 fully saturated rings. The fourth-order valence-electron chi connectivity index (χ4n) is 2.51. The molecule has 0 saturated heterocycles. The zero-order valence-electron chi connectivity index (χ0n) is 15.5. The standard InChI is InChI=1S/C19H23BrN2O4S/c1-4-22(13-19(23)21-16-8-6-15(20)7-9-16)27(24,25)17-10-11-18(26-5-2)14(3)12-17/h6-12H,4-5,13H2,1-3H3,(H,21,23). The van der Waals surface area contributed by atoms with Crippen molar-refractivity contribution in [3.63, 3.8) is 0 Å². The van der Waals surface area contributed by atoms with Gasteiger partial charge in [-0.2, -0.15) is 4.31 Å². The number of amides is 1. The largest absolute Gasteiger partial charge is 0.494 e. The molecular weight excluding hydrogens is 432 g/mol. The van der Waals surface area contributed by atoms with Crippen LogP contribution < -0.4 is 10.1 Å². The van der Waals surface area contributed by atoms with Gasteiger partial charge in [0.1, 0.15) is 5.75 Å². The van der Waals surface area contributed by atoms with E-state index < -0.39 is 15.9 Å². The summed E-state index contributed by atoms with van der Waals surface area (Å²) in [5.74, 6) is 0.248. The Kier molecular flexibility index (Phi) is 7.41. The summed E-state index contributed by atoms with van der Waals surface area (Å²) in [5.41, 5.74) is 1.34. The highest BCUT2D eigenvalue weighted by atomic mass is 79.9. The summed E-state index contributed by atoms with van der Waals surface area (Å²) in [6.07, 6.45) is 0. The molecule has 27 heavy (non-hydrogen) atoms. The molecule has 1 N–H and O–H groups in total. The van der Waals surface area contributed by atoms with E-state index in [0.29, 0.717) is 18.0 Å². The van der Waals surface area contributed by atoms with E-state index in [1.165, 1.54) is 6.07 Å². The lowest BCUT2D eigenvalue weighted by molar-refractivity contribution is -0.116. The highest BCUT2D eigenvalue weighted by molar-refractivity contribution is 9.10. The number of halogens is 1. The molecule has 146 valence electrons. The van der Waals surface area contributed by atoms with Gasteiger partial charge in [0.25, 0.3) is 0 Å². The highest BCUT2D eigenvalue weighted by Gasteiger charge is 2.26. The number of carbonyl (C=O) groups excluding carboxylic acids is 1. The van der Waals surface area contributed by atoms with Crippen molar-refractivity contribution in [1.82, 2.24) is 4.31 Å². The second-order valence-corrected chi connectivity index (χ2v) is 8.70. The molecule has 0 aromatic heterocycles.